The molecule has 0 N–H and O–H groups in total. The number of rotatable bonds is 4. The van der Waals surface area contributed by atoms with Crippen molar-refractivity contribution in [2.45, 2.75) is 0 Å². The van der Waals surface area contributed by atoms with Gasteiger partial charge in [0.1, 0.15) is 0 Å². The van der Waals surface area contributed by atoms with Gasteiger partial charge in [0.15, 0.2) is 0 Å². The van der Waals surface area contributed by atoms with Crippen LogP contribution in [-0.4, -0.2) is 13.5 Å². The van der Waals surface area contributed by atoms with Crippen LogP contribution in [0.4, 0.5) is 0 Å². The van der Waals surface area contributed by atoms with Crippen molar-refractivity contribution in [2.24, 2.45) is 0 Å². The molecule has 9 aromatic carbocycles. The van der Waals surface area contributed by atoms with Crippen molar-refractivity contribution in [3.05, 3.63) is 200 Å². The van der Waals surface area contributed by atoms with E-state index in [9.17, 15) is 0 Å². The molecule has 0 aliphatic heterocycles. The minimum atomic E-state index is 1.16. The Hall–Kier alpha value is -7.62. The molecule has 0 spiro atoms. The van der Waals surface area contributed by atoms with Gasteiger partial charge in [-0.15, -0.1) is 0 Å². The van der Waals surface area contributed by atoms with Crippen LogP contribution in [-0.2, 0) is 0 Å². The average molecular weight is 724 g/mol. The molecule has 3 heteroatoms. The van der Waals surface area contributed by atoms with Crippen LogP contribution in [0.15, 0.2) is 200 Å². The van der Waals surface area contributed by atoms with Crippen LogP contribution >= 0.6 is 0 Å². The monoisotopic (exact) mass is 723 g/mol. The fraction of sp³-hybridized carbons (Fsp3) is 0. The highest BCUT2D eigenvalue weighted by molar-refractivity contribution is 6.26. The van der Waals surface area contributed by atoms with E-state index in [1.54, 1.807) is 0 Å². The van der Waals surface area contributed by atoms with Crippen molar-refractivity contribution in [2.75, 3.05) is 0 Å². The minimum Gasteiger partial charge on any atom is -0.309 e. The number of hydrogen-bond acceptors (Lipinski definition) is 0. The zero-order chi connectivity index (χ0) is 37.2. The van der Waals surface area contributed by atoms with E-state index in [-0.39, 0.29) is 0 Å². The Balaban J connectivity index is 1.05. The summed E-state index contributed by atoms with van der Waals surface area (Å²) in [6.07, 6.45) is 0. The Morgan fingerprint density at radius 3 is 1.35 bits per heavy atom. The highest BCUT2D eigenvalue weighted by Crippen LogP contribution is 2.44. The van der Waals surface area contributed by atoms with Crippen molar-refractivity contribution < 1.29 is 0 Å². The molecule has 0 saturated carbocycles. The van der Waals surface area contributed by atoms with Crippen molar-refractivity contribution in [1.82, 2.24) is 13.5 Å². The number of benzene rings is 9. The van der Waals surface area contributed by atoms with Gasteiger partial charge in [0.25, 0.3) is 0 Å². The largest absolute Gasteiger partial charge is 0.309 e. The van der Waals surface area contributed by atoms with Gasteiger partial charge in [0.05, 0.1) is 38.6 Å². The number of aromatic nitrogens is 3. The van der Waals surface area contributed by atoms with E-state index in [1.165, 1.54) is 110 Å². The smallest absolute Gasteiger partial charge is 0.0620 e. The van der Waals surface area contributed by atoms with Gasteiger partial charge in [-0.2, -0.15) is 0 Å². The zero-order valence-electron chi connectivity index (χ0n) is 30.9. The molecule has 0 aliphatic rings. The first-order valence-corrected chi connectivity index (χ1v) is 19.7. The van der Waals surface area contributed by atoms with Gasteiger partial charge < -0.3 is 13.5 Å². The molecule has 264 valence electrons. The van der Waals surface area contributed by atoms with E-state index in [2.05, 4.69) is 214 Å². The van der Waals surface area contributed by atoms with Gasteiger partial charge in [0, 0.05) is 54.5 Å². The third kappa shape index (κ3) is 4.20. The maximum Gasteiger partial charge on any atom is 0.0620 e. The van der Waals surface area contributed by atoms with Gasteiger partial charge >= 0.3 is 0 Å². The molecule has 0 bridgehead atoms. The van der Waals surface area contributed by atoms with E-state index in [4.69, 9.17) is 0 Å². The van der Waals surface area contributed by atoms with Crippen molar-refractivity contribution in [3.63, 3.8) is 0 Å². The van der Waals surface area contributed by atoms with Crippen LogP contribution in [0.3, 0.4) is 0 Å². The molecular weight excluding hydrogens is 691 g/mol. The van der Waals surface area contributed by atoms with Gasteiger partial charge in [-0.05, 0) is 101 Å². The van der Waals surface area contributed by atoms with E-state index in [1.807, 2.05) is 0 Å². The van der Waals surface area contributed by atoms with E-state index >= 15 is 0 Å². The molecule has 0 atom stereocenters. The van der Waals surface area contributed by atoms with Gasteiger partial charge in [-0.1, -0.05) is 121 Å². The fourth-order valence-corrected chi connectivity index (χ4v) is 9.95. The van der Waals surface area contributed by atoms with Gasteiger partial charge in [-0.3, -0.25) is 0 Å². The Labute approximate surface area is 327 Å². The summed E-state index contributed by atoms with van der Waals surface area (Å²) >= 11 is 0. The van der Waals surface area contributed by atoms with Crippen LogP contribution < -0.4 is 0 Å². The van der Waals surface area contributed by atoms with E-state index in [0.29, 0.717) is 0 Å². The number of nitrogens with zero attached hydrogens (tertiary/aromatic N) is 3. The fourth-order valence-electron chi connectivity index (χ4n) is 9.95. The van der Waals surface area contributed by atoms with Crippen LogP contribution in [0, 0.1) is 0 Å². The molecule has 0 aliphatic carbocycles. The second-order valence-electron chi connectivity index (χ2n) is 15.3. The molecule has 4 aromatic heterocycles. The lowest BCUT2D eigenvalue weighted by Crippen LogP contribution is -1.93. The zero-order valence-corrected chi connectivity index (χ0v) is 30.9. The predicted octanol–water partition coefficient (Wildman–Crippen LogP) is 14.4. The van der Waals surface area contributed by atoms with Gasteiger partial charge in [-0.25, -0.2) is 0 Å². The lowest BCUT2D eigenvalue weighted by molar-refractivity contribution is 1.18. The molecule has 0 radical (unpaired) electrons. The van der Waals surface area contributed by atoms with Crippen LogP contribution in [0.25, 0.3) is 115 Å². The summed E-state index contributed by atoms with van der Waals surface area (Å²) in [6, 6.07) is 73.7. The molecule has 0 amide bonds. The topological polar surface area (TPSA) is 14.3 Å². The number of para-hydroxylation sites is 5. The summed E-state index contributed by atoms with van der Waals surface area (Å²) in [5.74, 6) is 0. The first-order chi connectivity index (χ1) is 28.3. The second kappa shape index (κ2) is 11.5. The Morgan fingerprint density at radius 1 is 0.263 bits per heavy atom. The third-order valence-electron chi connectivity index (χ3n) is 12.4. The molecule has 0 fully saturated rings. The number of fused-ring (bicyclic) bond motifs is 12. The molecular formula is C54H33N3. The maximum absolute atomic E-state index is 2.47. The Morgan fingerprint density at radius 2 is 0.702 bits per heavy atom. The molecule has 0 saturated heterocycles. The molecule has 4 heterocycles. The van der Waals surface area contributed by atoms with Crippen LogP contribution in [0.1, 0.15) is 0 Å². The summed E-state index contributed by atoms with van der Waals surface area (Å²) in [4.78, 5) is 0. The molecule has 13 aromatic rings. The second-order valence-corrected chi connectivity index (χ2v) is 15.3. The highest BCUT2D eigenvalue weighted by Gasteiger charge is 2.21. The summed E-state index contributed by atoms with van der Waals surface area (Å²) in [5, 5.41) is 10.2. The van der Waals surface area contributed by atoms with Crippen molar-refractivity contribution >= 4 is 81.7 Å². The molecule has 0 unspecified atom stereocenters. The Kier molecular flexibility index (Phi) is 6.16. The number of hydrogen-bond donors (Lipinski definition) is 0. The van der Waals surface area contributed by atoms with Crippen molar-refractivity contribution in [1.29, 1.82) is 0 Å². The summed E-state index contributed by atoms with van der Waals surface area (Å²) in [6.45, 7) is 0. The minimum absolute atomic E-state index is 1.16. The van der Waals surface area contributed by atoms with Gasteiger partial charge in [0.2, 0.25) is 0 Å². The standard InChI is InChI=1S/C54H33N3/c1-3-13-37(14-4-1)55-47-22-9-8-18-41(47)44-31-34(25-28-49(44)55)35-26-29-50-45(32-35)46-33-36(27-30-51(46)56(50)38-15-5-2-6-16-38)39-19-12-24-52-53(39)43-21-11-20-42-40-17-7-10-23-48(40)57(52)54(42)43/h1-33H. The van der Waals surface area contributed by atoms with Crippen LogP contribution in [0.5, 0.6) is 0 Å². The summed E-state index contributed by atoms with van der Waals surface area (Å²) in [7, 11) is 0. The maximum atomic E-state index is 2.47. The third-order valence-corrected chi connectivity index (χ3v) is 12.4. The molecule has 57 heavy (non-hydrogen) atoms. The Bertz CT molecular complexity index is 3730. The van der Waals surface area contributed by atoms with E-state index < -0.39 is 0 Å². The quantitative estimate of drug-likeness (QED) is 0.172. The SMILES string of the molecule is c1ccc(-n2c3ccccc3c3cc(-c4ccc5c(c4)c4cc(-c6cccc7c6c6cccc8c9ccccc9n7c86)ccc4n5-c4ccccc4)ccc32)cc1. The normalized spacial score (nSPS) is 12.2. The average Bonchev–Trinajstić information content (AvgIpc) is 4.01. The predicted molar refractivity (Wildman–Crippen MR) is 241 cm³/mol. The first kappa shape index (κ1) is 30.7. The van der Waals surface area contributed by atoms with Crippen molar-refractivity contribution in [3.8, 4) is 33.6 Å². The molecule has 13 rings (SSSR count). The summed E-state index contributed by atoms with van der Waals surface area (Å²) in [5.41, 5.74) is 15.9. The highest BCUT2D eigenvalue weighted by atomic mass is 15.0. The van der Waals surface area contributed by atoms with Crippen LogP contribution in [0.2, 0.25) is 0 Å². The lowest BCUT2D eigenvalue weighted by atomic mass is 9.96. The first-order valence-electron chi connectivity index (χ1n) is 19.7. The van der Waals surface area contributed by atoms with E-state index in [0.717, 1.165) is 5.69 Å². The lowest BCUT2D eigenvalue weighted by Gasteiger charge is -2.09. The molecule has 3 nitrogen and oxygen atoms in total. The summed E-state index contributed by atoms with van der Waals surface area (Å²) < 4.78 is 7.27.